The van der Waals surface area contributed by atoms with Gasteiger partial charge >= 0.3 is 0 Å². The summed E-state index contributed by atoms with van der Waals surface area (Å²) in [6.07, 6.45) is 1.22. The number of hydrogen-bond acceptors (Lipinski definition) is 2. The van der Waals surface area contributed by atoms with E-state index in [1.165, 1.54) is 6.08 Å². The molecule has 52 valence electrons. The van der Waals surface area contributed by atoms with Crippen molar-refractivity contribution < 1.29 is 4.79 Å². The number of carbonyl (C=O) groups is 1. The smallest absolute Gasteiger partial charge is 0.243 e. The van der Waals surface area contributed by atoms with Gasteiger partial charge in [0.1, 0.15) is 0 Å². The standard InChI is InChI=1S/C6H12N2O/c1-3-6(9)8-4-5(2)7/h3,5H,1,4,7H2,2H3,(H,8,9). The van der Waals surface area contributed by atoms with Gasteiger partial charge in [0.2, 0.25) is 5.91 Å². The second kappa shape index (κ2) is 4.09. The van der Waals surface area contributed by atoms with Crippen molar-refractivity contribution in [2.75, 3.05) is 6.54 Å². The largest absolute Gasteiger partial charge is 0.351 e. The molecular formula is C6H12N2O. The number of rotatable bonds is 3. The highest BCUT2D eigenvalue weighted by atomic mass is 16.1. The van der Waals surface area contributed by atoms with E-state index in [4.69, 9.17) is 5.73 Å². The molecule has 0 aliphatic rings. The SMILES string of the molecule is C=CC(=O)NCC(C)N. The van der Waals surface area contributed by atoms with Crippen molar-refractivity contribution in [1.29, 1.82) is 0 Å². The van der Waals surface area contributed by atoms with E-state index in [-0.39, 0.29) is 11.9 Å². The highest BCUT2D eigenvalue weighted by Gasteiger charge is 1.94. The van der Waals surface area contributed by atoms with Crippen LogP contribution in [-0.4, -0.2) is 18.5 Å². The molecule has 0 aliphatic heterocycles. The Bertz CT molecular complexity index is 110. The van der Waals surface area contributed by atoms with E-state index in [9.17, 15) is 4.79 Å². The van der Waals surface area contributed by atoms with E-state index in [1.54, 1.807) is 0 Å². The Balaban J connectivity index is 3.27. The van der Waals surface area contributed by atoms with Crippen molar-refractivity contribution in [1.82, 2.24) is 5.32 Å². The number of hydrogen-bond donors (Lipinski definition) is 2. The Morgan fingerprint density at radius 3 is 2.89 bits per heavy atom. The fraction of sp³-hybridized carbons (Fsp3) is 0.500. The molecule has 0 saturated heterocycles. The van der Waals surface area contributed by atoms with Crippen molar-refractivity contribution in [2.45, 2.75) is 13.0 Å². The van der Waals surface area contributed by atoms with Gasteiger partial charge in [-0.05, 0) is 13.0 Å². The summed E-state index contributed by atoms with van der Waals surface area (Å²) in [5.41, 5.74) is 5.35. The number of nitrogens with one attached hydrogen (secondary N) is 1. The molecule has 0 heterocycles. The second-order valence-corrected chi connectivity index (χ2v) is 1.93. The van der Waals surface area contributed by atoms with Gasteiger partial charge in [-0.2, -0.15) is 0 Å². The maximum atomic E-state index is 10.4. The number of nitrogens with two attached hydrogens (primary N) is 1. The average molecular weight is 128 g/mol. The minimum atomic E-state index is -0.174. The van der Waals surface area contributed by atoms with E-state index in [1.807, 2.05) is 6.92 Å². The Labute approximate surface area is 54.9 Å². The van der Waals surface area contributed by atoms with Crippen LogP contribution in [0.2, 0.25) is 0 Å². The zero-order chi connectivity index (χ0) is 7.28. The van der Waals surface area contributed by atoms with Crippen LogP contribution in [-0.2, 0) is 4.79 Å². The molecule has 0 spiro atoms. The topological polar surface area (TPSA) is 55.1 Å². The molecule has 1 amide bonds. The monoisotopic (exact) mass is 128 g/mol. The fourth-order valence-electron chi connectivity index (χ4n) is 0.334. The summed E-state index contributed by atoms with van der Waals surface area (Å²) in [4.78, 5) is 10.4. The third-order valence-corrected chi connectivity index (χ3v) is 0.784. The van der Waals surface area contributed by atoms with Gasteiger partial charge in [0, 0.05) is 12.6 Å². The van der Waals surface area contributed by atoms with Gasteiger partial charge in [-0.25, -0.2) is 0 Å². The molecule has 3 N–H and O–H groups in total. The molecule has 3 heteroatoms. The van der Waals surface area contributed by atoms with Crippen molar-refractivity contribution >= 4 is 5.91 Å². The molecule has 0 saturated carbocycles. The van der Waals surface area contributed by atoms with E-state index in [0.29, 0.717) is 6.54 Å². The van der Waals surface area contributed by atoms with Crippen LogP contribution >= 0.6 is 0 Å². The minimum Gasteiger partial charge on any atom is -0.351 e. The molecule has 0 aromatic rings. The molecule has 0 aromatic heterocycles. The molecule has 1 unspecified atom stereocenters. The molecule has 0 bridgehead atoms. The highest BCUT2D eigenvalue weighted by molar-refractivity contribution is 5.86. The van der Waals surface area contributed by atoms with Crippen LogP contribution in [0.15, 0.2) is 12.7 Å². The van der Waals surface area contributed by atoms with Crippen molar-refractivity contribution in [3.63, 3.8) is 0 Å². The lowest BCUT2D eigenvalue weighted by atomic mass is 10.3. The van der Waals surface area contributed by atoms with E-state index < -0.39 is 0 Å². The first-order chi connectivity index (χ1) is 4.16. The van der Waals surface area contributed by atoms with Crippen molar-refractivity contribution in [3.8, 4) is 0 Å². The predicted octanol–water partition coefficient (Wildman–Crippen LogP) is -0.364. The summed E-state index contributed by atoms with van der Waals surface area (Å²) < 4.78 is 0. The molecule has 0 rings (SSSR count). The van der Waals surface area contributed by atoms with Gasteiger partial charge in [-0.3, -0.25) is 4.79 Å². The molecule has 0 fully saturated rings. The third-order valence-electron chi connectivity index (χ3n) is 0.784. The molecule has 0 aliphatic carbocycles. The summed E-state index contributed by atoms with van der Waals surface area (Å²) in [6, 6.07) is 0.00824. The van der Waals surface area contributed by atoms with Crippen molar-refractivity contribution in [2.24, 2.45) is 5.73 Å². The Kier molecular flexibility index (Phi) is 3.71. The first-order valence-electron chi connectivity index (χ1n) is 2.82. The summed E-state index contributed by atoms with van der Waals surface area (Å²) in [5, 5.41) is 2.55. The molecule has 9 heavy (non-hydrogen) atoms. The van der Waals surface area contributed by atoms with E-state index in [2.05, 4.69) is 11.9 Å². The average Bonchev–Trinajstić information content (AvgIpc) is 1.83. The summed E-state index contributed by atoms with van der Waals surface area (Å²) in [6.45, 7) is 5.61. The van der Waals surface area contributed by atoms with Crippen molar-refractivity contribution in [3.05, 3.63) is 12.7 Å². The maximum Gasteiger partial charge on any atom is 0.243 e. The summed E-state index contributed by atoms with van der Waals surface area (Å²) >= 11 is 0. The van der Waals surface area contributed by atoms with Gasteiger partial charge < -0.3 is 11.1 Å². The molecular weight excluding hydrogens is 116 g/mol. The first-order valence-corrected chi connectivity index (χ1v) is 2.82. The predicted molar refractivity (Wildman–Crippen MR) is 36.9 cm³/mol. The zero-order valence-electron chi connectivity index (χ0n) is 5.55. The molecule has 1 atom stereocenters. The molecule has 0 radical (unpaired) electrons. The van der Waals surface area contributed by atoms with Gasteiger partial charge in [0.05, 0.1) is 0 Å². The second-order valence-electron chi connectivity index (χ2n) is 1.93. The van der Waals surface area contributed by atoms with Crippen LogP contribution in [0, 0.1) is 0 Å². The molecule has 3 nitrogen and oxygen atoms in total. The lowest BCUT2D eigenvalue weighted by Crippen LogP contribution is -2.34. The number of amides is 1. The van der Waals surface area contributed by atoms with Gasteiger partial charge in [-0.1, -0.05) is 6.58 Å². The fourth-order valence-corrected chi connectivity index (χ4v) is 0.334. The zero-order valence-corrected chi connectivity index (χ0v) is 5.55. The van der Waals surface area contributed by atoms with Crippen LogP contribution in [0.3, 0.4) is 0 Å². The van der Waals surface area contributed by atoms with Crippen LogP contribution in [0.4, 0.5) is 0 Å². The lowest BCUT2D eigenvalue weighted by Gasteiger charge is -2.03. The lowest BCUT2D eigenvalue weighted by molar-refractivity contribution is -0.116. The van der Waals surface area contributed by atoms with Crippen LogP contribution in [0.25, 0.3) is 0 Å². The number of carbonyl (C=O) groups excluding carboxylic acids is 1. The van der Waals surface area contributed by atoms with Gasteiger partial charge in [-0.15, -0.1) is 0 Å². The minimum absolute atomic E-state index is 0.00824. The Morgan fingerprint density at radius 1 is 2.00 bits per heavy atom. The maximum absolute atomic E-state index is 10.4. The van der Waals surface area contributed by atoms with E-state index >= 15 is 0 Å². The molecule has 0 aromatic carbocycles. The Hall–Kier alpha value is -0.830. The Morgan fingerprint density at radius 2 is 2.56 bits per heavy atom. The van der Waals surface area contributed by atoms with Crippen LogP contribution in [0.1, 0.15) is 6.92 Å². The van der Waals surface area contributed by atoms with Crippen LogP contribution in [0.5, 0.6) is 0 Å². The summed E-state index contributed by atoms with van der Waals surface area (Å²) in [7, 11) is 0. The normalized spacial score (nSPS) is 12.2. The quantitative estimate of drug-likeness (QED) is 0.510. The highest BCUT2D eigenvalue weighted by Crippen LogP contribution is 1.70. The third kappa shape index (κ3) is 5.03. The first kappa shape index (κ1) is 8.17. The van der Waals surface area contributed by atoms with E-state index in [0.717, 1.165) is 0 Å². The van der Waals surface area contributed by atoms with Gasteiger partial charge in [0.25, 0.3) is 0 Å². The van der Waals surface area contributed by atoms with Crippen LogP contribution < -0.4 is 11.1 Å². The summed E-state index contributed by atoms with van der Waals surface area (Å²) in [5.74, 6) is -0.174. The van der Waals surface area contributed by atoms with Gasteiger partial charge in [0.15, 0.2) is 0 Å².